The van der Waals surface area contributed by atoms with Crippen molar-refractivity contribution in [2.24, 2.45) is 0 Å². The second kappa shape index (κ2) is 8.04. The number of hydrogen-bond acceptors (Lipinski definition) is 1. The molecule has 0 saturated carbocycles. The van der Waals surface area contributed by atoms with E-state index in [0.717, 1.165) is 13.1 Å². The van der Waals surface area contributed by atoms with E-state index in [1.807, 2.05) is 0 Å². The predicted molar refractivity (Wildman–Crippen MR) is 34.9 cm³/mol. The summed E-state index contributed by atoms with van der Waals surface area (Å²) in [6, 6.07) is 0. The first kappa shape index (κ1) is 11.8. The van der Waals surface area contributed by atoms with E-state index >= 15 is 0 Å². The van der Waals surface area contributed by atoms with Gasteiger partial charge in [0.05, 0.1) is 0 Å². The molecular weight excluding hydrogens is 162 g/mol. The average Bonchev–Trinajstić information content (AvgIpc) is 1.83. The van der Waals surface area contributed by atoms with Gasteiger partial charge in [0.2, 0.25) is 0 Å². The van der Waals surface area contributed by atoms with Crippen LogP contribution in [0.5, 0.6) is 0 Å². The molecule has 1 nitrogen and oxygen atoms in total. The zero-order valence-corrected chi connectivity index (χ0v) is 6.81. The Bertz CT molecular complexity index is 81.4. The molecule has 2 heteroatoms. The summed E-state index contributed by atoms with van der Waals surface area (Å²) >= 11 is 0. The minimum absolute atomic E-state index is 0. The van der Waals surface area contributed by atoms with Gasteiger partial charge in [-0.15, -0.1) is 0 Å². The summed E-state index contributed by atoms with van der Waals surface area (Å²) < 4.78 is 0. The van der Waals surface area contributed by atoms with Gasteiger partial charge in [-0.2, -0.15) is 0 Å². The van der Waals surface area contributed by atoms with E-state index in [-0.39, 0.29) is 17.1 Å². The van der Waals surface area contributed by atoms with Gasteiger partial charge in [0, 0.05) is 6.54 Å². The van der Waals surface area contributed by atoms with Gasteiger partial charge in [-0.3, -0.25) is 4.90 Å². The average molecular weight is 174 g/mol. The van der Waals surface area contributed by atoms with E-state index in [1.54, 1.807) is 0 Å². The van der Waals surface area contributed by atoms with Crippen LogP contribution in [0, 0.1) is 12.3 Å². The van der Waals surface area contributed by atoms with Gasteiger partial charge in [-0.1, -0.05) is 13.8 Å². The van der Waals surface area contributed by atoms with Crippen molar-refractivity contribution in [3.05, 3.63) is 6.42 Å². The Kier molecular flexibility index (Phi) is 10.5. The molecule has 0 rings (SSSR count). The molecule has 0 spiro atoms. The van der Waals surface area contributed by atoms with E-state index < -0.39 is 0 Å². The van der Waals surface area contributed by atoms with E-state index in [1.165, 1.54) is 0 Å². The fourth-order valence-corrected chi connectivity index (χ4v) is 0.559. The van der Waals surface area contributed by atoms with Crippen molar-refractivity contribution < 1.29 is 17.1 Å². The molecule has 0 saturated heterocycles. The smallest absolute Gasteiger partial charge is 0.692 e. The van der Waals surface area contributed by atoms with Crippen molar-refractivity contribution in [3.8, 4) is 5.92 Å². The molecule has 0 bridgehead atoms. The molecule has 0 aliphatic rings. The van der Waals surface area contributed by atoms with Gasteiger partial charge in [-0.05, 0) is 13.1 Å². The molecule has 0 amide bonds. The summed E-state index contributed by atoms with van der Waals surface area (Å²) in [6.07, 6.45) is 6.65. The third-order valence-electron chi connectivity index (χ3n) is 1.20. The second-order valence-electron chi connectivity index (χ2n) is 1.64. The van der Waals surface area contributed by atoms with Crippen LogP contribution in [0.3, 0.4) is 0 Å². The maximum Gasteiger partial charge on any atom is 1.00 e. The minimum Gasteiger partial charge on any atom is -0.692 e. The second-order valence-corrected chi connectivity index (χ2v) is 1.64. The van der Waals surface area contributed by atoms with Crippen LogP contribution in [-0.4, -0.2) is 24.5 Å². The van der Waals surface area contributed by atoms with Gasteiger partial charge in [-0.25, -0.2) is 0 Å². The van der Waals surface area contributed by atoms with Crippen LogP contribution in [0.2, 0.25) is 0 Å². The molecular formula is C7H12CuN. The number of rotatable bonds is 3. The molecule has 0 aliphatic carbocycles. The largest absolute Gasteiger partial charge is 1.00 e. The first-order valence-electron chi connectivity index (χ1n) is 2.97. The van der Waals surface area contributed by atoms with Gasteiger partial charge in [0.15, 0.2) is 0 Å². The summed E-state index contributed by atoms with van der Waals surface area (Å²) in [7, 11) is 0. The Morgan fingerprint density at radius 3 is 1.89 bits per heavy atom. The van der Waals surface area contributed by atoms with Crippen LogP contribution in [0.15, 0.2) is 0 Å². The van der Waals surface area contributed by atoms with E-state index in [0.29, 0.717) is 6.54 Å². The molecule has 0 fully saturated rings. The van der Waals surface area contributed by atoms with E-state index in [4.69, 9.17) is 6.42 Å². The Morgan fingerprint density at radius 2 is 1.78 bits per heavy atom. The molecule has 0 aliphatic heterocycles. The molecule has 9 heavy (non-hydrogen) atoms. The summed E-state index contributed by atoms with van der Waals surface area (Å²) in [5.41, 5.74) is 0. The Balaban J connectivity index is 0. The maximum atomic E-state index is 6.65. The van der Waals surface area contributed by atoms with Crippen LogP contribution >= 0.6 is 0 Å². The van der Waals surface area contributed by atoms with Gasteiger partial charge in [0.25, 0.3) is 0 Å². The molecule has 0 aromatic heterocycles. The van der Waals surface area contributed by atoms with Crippen LogP contribution in [0.4, 0.5) is 0 Å². The molecule has 0 aromatic carbocycles. The maximum absolute atomic E-state index is 6.65. The van der Waals surface area contributed by atoms with Gasteiger partial charge in [0.1, 0.15) is 0 Å². The molecule has 0 aromatic rings. The molecule has 0 unspecified atom stereocenters. The predicted octanol–water partition coefficient (Wildman–Crippen LogP) is 0.915. The van der Waals surface area contributed by atoms with E-state index in [9.17, 15) is 0 Å². The normalized spacial score (nSPS) is 8.22. The van der Waals surface area contributed by atoms with Crippen LogP contribution < -0.4 is 0 Å². The van der Waals surface area contributed by atoms with Crippen molar-refractivity contribution in [2.45, 2.75) is 13.8 Å². The summed E-state index contributed by atoms with van der Waals surface area (Å²) in [6.45, 7) is 6.87. The first-order valence-corrected chi connectivity index (χ1v) is 2.97. The van der Waals surface area contributed by atoms with Crippen molar-refractivity contribution >= 4 is 0 Å². The number of nitrogens with zero attached hydrogens (tertiary/aromatic N) is 1. The monoisotopic (exact) mass is 173 g/mol. The standard InChI is InChI=1S/C7H12N.Cu/c1-4-7-8(5-2)6-3;/h5-7H2,2-3H3;/q-1;+1. The topological polar surface area (TPSA) is 3.24 Å². The Hall–Kier alpha value is 0.0395. The molecule has 0 radical (unpaired) electrons. The van der Waals surface area contributed by atoms with Crippen LogP contribution in [0.25, 0.3) is 0 Å². The number of hydrogen-bond donors (Lipinski definition) is 0. The van der Waals surface area contributed by atoms with Crippen molar-refractivity contribution in [2.75, 3.05) is 19.6 Å². The quantitative estimate of drug-likeness (QED) is 0.349. The molecule has 0 atom stereocenters. The van der Waals surface area contributed by atoms with E-state index in [2.05, 4.69) is 24.7 Å². The summed E-state index contributed by atoms with van der Waals surface area (Å²) in [5, 5.41) is 0. The van der Waals surface area contributed by atoms with Crippen molar-refractivity contribution in [1.82, 2.24) is 4.90 Å². The summed E-state index contributed by atoms with van der Waals surface area (Å²) in [4.78, 5) is 2.13. The molecule has 0 heterocycles. The first-order chi connectivity index (χ1) is 3.85. The summed E-state index contributed by atoms with van der Waals surface area (Å²) in [5.74, 6) is 2.35. The fraction of sp³-hybridized carbons (Fsp3) is 0.714. The van der Waals surface area contributed by atoms with Gasteiger partial charge < -0.3 is 12.3 Å². The third kappa shape index (κ3) is 5.92. The van der Waals surface area contributed by atoms with Gasteiger partial charge >= 0.3 is 17.1 Å². The molecule has 56 valence electrons. The van der Waals surface area contributed by atoms with Crippen molar-refractivity contribution in [1.29, 1.82) is 0 Å². The van der Waals surface area contributed by atoms with Crippen molar-refractivity contribution in [3.63, 3.8) is 0 Å². The minimum atomic E-state index is 0. The Labute approximate surface area is 68.3 Å². The van der Waals surface area contributed by atoms with Crippen LogP contribution in [0.1, 0.15) is 13.8 Å². The third-order valence-corrected chi connectivity index (χ3v) is 1.20. The zero-order chi connectivity index (χ0) is 6.41. The van der Waals surface area contributed by atoms with Crippen LogP contribution in [-0.2, 0) is 17.1 Å². The molecule has 0 N–H and O–H groups in total. The zero-order valence-electron chi connectivity index (χ0n) is 5.87. The Morgan fingerprint density at radius 1 is 1.33 bits per heavy atom. The fourth-order valence-electron chi connectivity index (χ4n) is 0.559. The SMILES string of the molecule is [C-]#CCN(CC)CC.[Cu+].